The molecule has 2 heteroatoms. The Morgan fingerprint density at radius 3 is 2.82 bits per heavy atom. The van der Waals surface area contributed by atoms with Gasteiger partial charge in [-0.3, -0.25) is 4.79 Å². The molecule has 0 spiro atoms. The van der Waals surface area contributed by atoms with Crippen LogP contribution in [0.5, 0.6) is 0 Å². The van der Waals surface area contributed by atoms with E-state index in [4.69, 9.17) is 0 Å². The number of fused-ring (bicyclic) bond motifs is 1. The van der Waals surface area contributed by atoms with Crippen LogP contribution >= 0.6 is 0 Å². The van der Waals surface area contributed by atoms with Crippen molar-refractivity contribution in [1.29, 1.82) is 0 Å². The number of hydrogen-bond acceptors (Lipinski definition) is 2. The Bertz CT molecular complexity index is 407. The first kappa shape index (κ1) is 12.6. The molecule has 0 heterocycles. The maximum Gasteiger partial charge on any atom is 0.156 e. The molecule has 17 heavy (non-hydrogen) atoms. The second-order valence-corrected chi connectivity index (χ2v) is 6.18. The lowest BCUT2D eigenvalue weighted by Crippen LogP contribution is -2.54. The summed E-state index contributed by atoms with van der Waals surface area (Å²) < 4.78 is 0. The quantitative estimate of drug-likeness (QED) is 0.708. The highest BCUT2D eigenvalue weighted by Gasteiger charge is 2.54. The predicted molar refractivity (Wildman–Crippen MR) is 68.6 cm³/mol. The van der Waals surface area contributed by atoms with Gasteiger partial charge in [0.15, 0.2) is 5.78 Å². The predicted octanol–water partition coefficient (Wildman–Crippen LogP) is 3.02. The van der Waals surface area contributed by atoms with Crippen molar-refractivity contribution in [1.82, 2.24) is 0 Å². The average molecular weight is 234 g/mol. The molecule has 0 bridgehead atoms. The Hall–Kier alpha value is -0.890. The first-order valence-corrected chi connectivity index (χ1v) is 6.38. The maximum atomic E-state index is 11.7. The van der Waals surface area contributed by atoms with E-state index in [1.807, 2.05) is 13.8 Å². The third kappa shape index (κ3) is 1.79. The Labute approximate surface area is 103 Å². The van der Waals surface area contributed by atoms with E-state index in [1.165, 1.54) is 0 Å². The van der Waals surface area contributed by atoms with Crippen LogP contribution in [0.2, 0.25) is 0 Å². The molecule has 0 unspecified atom stereocenters. The van der Waals surface area contributed by atoms with Crippen LogP contribution in [0.1, 0.15) is 46.5 Å². The molecule has 1 N–H and O–H groups in total. The first-order chi connectivity index (χ1) is 7.78. The van der Waals surface area contributed by atoms with Crippen molar-refractivity contribution in [2.45, 2.75) is 52.1 Å². The lowest BCUT2D eigenvalue weighted by atomic mass is 9.54. The fraction of sp³-hybridized carbons (Fsp3) is 0.667. The van der Waals surface area contributed by atoms with Crippen LogP contribution in [0.25, 0.3) is 0 Å². The van der Waals surface area contributed by atoms with E-state index in [9.17, 15) is 9.90 Å². The smallest absolute Gasteiger partial charge is 0.156 e. The van der Waals surface area contributed by atoms with Gasteiger partial charge in [0, 0.05) is 11.8 Å². The molecular weight excluding hydrogens is 212 g/mol. The molecule has 3 atom stereocenters. The van der Waals surface area contributed by atoms with Gasteiger partial charge in [-0.1, -0.05) is 19.1 Å². The largest absolute Gasteiger partial charge is 0.385 e. The molecule has 0 aromatic carbocycles. The van der Waals surface area contributed by atoms with Gasteiger partial charge < -0.3 is 5.11 Å². The molecule has 2 rings (SSSR count). The van der Waals surface area contributed by atoms with Gasteiger partial charge in [0.1, 0.15) is 0 Å². The lowest BCUT2D eigenvalue weighted by molar-refractivity contribution is -0.133. The van der Waals surface area contributed by atoms with Gasteiger partial charge in [0.25, 0.3) is 0 Å². The van der Waals surface area contributed by atoms with Crippen LogP contribution in [-0.2, 0) is 4.79 Å². The van der Waals surface area contributed by atoms with Crippen molar-refractivity contribution in [3.8, 4) is 0 Å². The summed E-state index contributed by atoms with van der Waals surface area (Å²) in [5.41, 5.74) is 0.879. The maximum absolute atomic E-state index is 11.7. The van der Waals surface area contributed by atoms with Gasteiger partial charge >= 0.3 is 0 Å². The van der Waals surface area contributed by atoms with E-state index in [2.05, 4.69) is 13.5 Å². The summed E-state index contributed by atoms with van der Waals surface area (Å²) >= 11 is 0. The fourth-order valence-electron chi connectivity index (χ4n) is 3.49. The molecule has 0 radical (unpaired) electrons. The molecule has 1 fully saturated rings. The zero-order valence-corrected chi connectivity index (χ0v) is 11.0. The molecule has 2 nitrogen and oxygen atoms in total. The summed E-state index contributed by atoms with van der Waals surface area (Å²) in [6, 6.07) is 0. The van der Waals surface area contributed by atoms with Crippen LogP contribution in [0.15, 0.2) is 23.8 Å². The van der Waals surface area contributed by atoms with Crippen molar-refractivity contribution in [2.24, 2.45) is 11.3 Å². The highest BCUT2D eigenvalue weighted by molar-refractivity contribution is 5.92. The number of rotatable bonds is 1. The van der Waals surface area contributed by atoms with Gasteiger partial charge in [0.05, 0.1) is 5.60 Å². The zero-order chi connectivity index (χ0) is 12.8. The fourth-order valence-corrected chi connectivity index (χ4v) is 3.49. The Kier molecular flexibility index (Phi) is 2.81. The number of hydrogen-bond donors (Lipinski definition) is 1. The summed E-state index contributed by atoms with van der Waals surface area (Å²) in [7, 11) is 0. The Morgan fingerprint density at radius 1 is 1.59 bits per heavy atom. The van der Waals surface area contributed by atoms with Gasteiger partial charge in [-0.2, -0.15) is 0 Å². The van der Waals surface area contributed by atoms with Crippen LogP contribution < -0.4 is 0 Å². The second kappa shape index (κ2) is 3.81. The summed E-state index contributed by atoms with van der Waals surface area (Å²) in [5, 5.41) is 11.0. The van der Waals surface area contributed by atoms with Crippen molar-refractivity contribution in [3.05, 3.63) is 23.8 Å². The van der Waals surface area contributed by atoms with Gasteiger partial charge in [0.2, 0.25) is 0 Å². The average Bonchev–Trinajstić information content (AvgIpc) is 2.20. The summed E-state index contributed by atoms with van der Waals surface area (Å²) in [5.74, 6) is 0.535. The van der Waals surface area contributed by atoms with E-state index in [0.29, 0.717) is 18.8 Å². The molecule has 1 saturated carbocycles. The van der Waals surface area contributed by atoms with Crippen LogP contribution in [-0.4, -0.2) is 16.5 Å². The minimum atomic E-state index is -0.817. The van der Waals surface area contributed by atoms with Crippen molar-refractivity contribution < 1.29 is 9.90 Å². The molecule has 2 aliphatic rings. The van der Waals surface area contributed by atoms with Gasteiger partial charge in [-0.25, -0.2) is 0 Å². The van der Waals surface area contributed by atoms with Crippen molar-refractivity contribution >= 4 is 5.78 Å². The SMILES string of the molecule is C=C(C)[C@@H]1CC[C@]2(C)CC(=O)C=C(C)[C@]2(O)C1. The lowest BCUT2D eigenvalue weighted by Gasteiger charge is -2.53. The normalized spacial score (nSPS) is 41.8. The minimum absolute atomic E-state index is 0.156. The van der Waals surface area contributed by atoms with Crippen LogP contribution in [0.3, 0.4) is 0 Å². The third-order valence-electron chi connectivity index (χ3n) is 4.88. The molecular formula is C15H22O2. The van der Waals surface area contributed by atoms with Crippen LogP contribution in [0.4, 0.5) is 0 Å². The van der Waals surface area contributed by atoms with Crippen molar-refractivity contribution in [3.63, 3.8) is 0 Å². The molecule has 0 aliphatic heterocycles. The standard InChI is InChI=1S/C15H22O2/c1-10(2)12-5-6-14(4)9-13(16)7-11(3)15(14,17)8-12/h7,12,17H,1,5-6,8-9H2,2-4H3/t12-,14-,15-/m1/s1. The first-order valence-electron chi connectivity index (χ1n) is 6.38. The van der Waals surface area contributed by atoms with Gasteiger partial charge in [-0.05, 0) is 50.7 Å². The third-order valence-corrected chi connectivity index (χ3v) is 4.88. The number of carbonyl (C=O) groups excluding carboxylic acids is 1. The van der Waals surface area contributed by atoms with E-state index >= 15 is 0 Å². The number of aliphatic hydroxyl groups is 1. The summed E-state index contributed by atoms with van der Waals surface area (Å²) in [6.07, 6.45) is 4.76. The van der Waals surface area contributed by atoms with E-state index in [1.54, 1.807) is 6.08 Å². The highest BCUT2D eigenvalue weighted by atomic mass is 16.3. The monoisotopic (exact) mass is 234 g/mol. The highest BCUT2D eigenvalue weighted by Crippen LogP contribution is 2.54. The summed E-state index contributed by atoms with van der Waals surface area (Å²) in [4.78, 5) is 11.7. The molecule has 0 aromatic rings. The van der Waals surface area contributed by atoms with Gasteiger partial charge in [-0.15, -0.1) is 0 Å². The molecule has 2 aliphatic carbocycles. The summed E-state index contributed by atoms with van der Waals surface area (Å²) in [6.45, 7) is 9.98. The van der Waals surface area contributed by atoms with E-state index < -0.39 is 5.60 Å². The van der Waals surface area contributed by atoms with Crippen molar-refractivity contribution in [2.75, 3.05) is 0 Å². The number of allylic oxidation sites excluding steroid dienone is 2. The molecule has 0 amide bonds. The number of carbonyl (C=O) groups is 1. The molecule has 0 aromatic heterocycles. The van der Waals surface area contributed by atoms with E-state index in [0.717, 1.165) is 24.0 Å². The molecule has 94 valence electrons. The zero-order valence-electron chi connectivity index (χ0n) is 11.0. The van der Waals surface area contributed by atoms with E-state index in [-0.39, 0.29) is 11.2 Å². The Balaban J connectivity index is 2.40. The second-order valence-electron chi connectivity index (χ2n) is 6.18. The molecule has 0 saturated heterocycles. The van der Waals surface area contributed by atoms with Crippen LogP contribution in [0, 0.1) is 11.3 Å². The minimum Gasteiger partial charge on any atom is -0.385 e. The number of ketones is 1. The topological polar surface area (TPSA) is 37.3 Å². The Morgan fingerprint density at radius 2 is 2.24 bits per heavy atom.